The lowest BCUT2D eigenvalue weighted by atomic mass is 10.1. The van der Waals surface area contributed by atoms with Crippen LogP contribution in [0.15, 0.2) is 30.6 Å². The van der Waals surface area contributed by atoms with Crippen molar-refractivity contribution in [1.82, 2.24) is 9.97 Å². The second-order valence-corrected chi connectivity index (χ2v) is 4.26. The molecule has 2 rings (SSSR count). The molecule has 0 unspecified atom stereocenters. The summed E-state index contributed by atoms with van der Waals surface area (Å²) in [6, 6.07) is 5.40. The highest BCUT2D eigenvalue weighted by Gasteiger charge is 2.08. The third-order valence-electron chi connectivity index (χ3n) is 2.54. The Bertz CT molecular complexity index is 651. The Morgan fingerprint density at radius 1 is 1.45 bits per heavy atom. The number of aromatic amines is 1. The molecule has 0 aliphatic heterocycles. The lowest BCUT2D eigenvalue weighted by Gasteiger charge is -2.04. The molecule has 1 amide bonds. The van der Waals surface area contributed by atoms with Crippen molar-refractivity contribution in [2.24, 2.45) is 0 Å². The molecule has 5 heteroatoms. The number of aliphatic hydroxyl groups excluding tert-OH is 1. The van der Waals surface area contributed by atoms with E-state index >= 15 is 0 Å². The maximum absolute atomic E-state index is 12.1. The SMILES string of the molecule is Cc1cc(C#CCCO)cc(C(=O)Nc2ncc[nH]2)c1. The van der Waals surface area contributed by atoms with Crippen molar-refractivity contribution in [1.29, 1.82) is 0 Å². The largest absolute Gasteiger partial charge is 0.395 e. The van der Waals surface area contributed by atoms with Crippen LogP contribution in [0.2, 0.25) is 0 Å². The maximum atomic E-state index is 12.1. The van der Waals surface area contributed by atoms with Gasteiger partial charge in [-0.1, -0.05) is 11.8 Å². The second kappa shape index (κ2) is 6.55. The number of hydrogen-bond donors (Lipinski definition) is 3. The molecule has 0 spiro atoms. The number of aryl methyl sites for hydroxylation is 1. The van der Waals surface area contributed by atoms with Crippen LogP contribution in [-0.2, 0) is 0 Å². The minimum Gasteiger partial charge on any atom is -0.395 e. The maximum Gasteiger partial charge on any atom is 0.258 e. The van der Waals surface area contributed by atoms with E-state index in [9.17, 15) is 4.79 Å². The van der Waals surface area contributed by atoms with Gasteiger partial charge < -0.3 is 10.1 Å². The van der Waals surface area contributed by atoms with Gasteiger partial charge in [0.25, 0.3) is 5.91 Å². The molecule has 102 valence electrons. The molecule has 20 heavy (non-hydrogen) atoms. The quantitative estimate of drug-likeness (QED) is 0.742. The summed E-state index contributed by atoms with van der Waals surface area (Å²) in [5, 5.41) is 11.4. The van der Waals surface area contributed by atoms with Crippen molar-refractivity contribution in [2.75, 3.05) is 11.9 Å². The predicted octanol–water partition coefficient (Wildman–Crippen LogP) is 1.70. The third kappa shape index (κ3) is 3.70. The molecule has 5 nitrogen and oxygen atoms in total. The van der Waals surface area contributed by atoms with Crippen molar-refractivity contribution in [2.45, 2.75) is 13.3 Å². The monoisotopic (exact) mass is 269 g/mol. The first-order valence-corrected chi connectivity index (χ1v) is 6.21. The number of nitrogens with zero attached hydrogens (tertiary/aromatic N) is 1. The summed E-state index contributed by atoms with van der Waals surface area (Å²) >= 11 is 0. The zero-order valence-electron chi connectivity index (χ0n) is 11.1. The molecule has 0 fully saturated rings. The molecule has 1 aromatic heterocycles. The van der Waals surface area contributed by atoms with Crippen molar-refractivity contribution >= 4 is 11.9 Å². The number of amides is 1. The van der Waals surface area contributed by atoms with E-state index in [1.807, 2.05) is 13.0 Å². The van der Waals surface area contributed by atoms with Crippen LogP contribution < -0.4 is 5.32 Å². The first kappa shape index (κ1) is 13.8. The molecule has 0 radical (unpaired) electrons. The summed E-state index contributed by atoms with van der Waals surface area (Å²) in [6.07, 6.45) is 3.62. The van der Waals surface area contributed by atoms with E-state index in [-0.39, 0.29) is 12.5 Å². The standard InChI is InChI=1S/C15H15N3O2/c1-11-8-12(4-2-3-7-19)10-13(9-11)14(20)18-15-16-5-6-17-15/h5-6,8-10,19H,3,7H2,1H3,(H2,16,17,18,20). The van der Waals surface area contributed by atoms with E-state index in [4.69, 9.17) is 5.11 Å². The highest BCUT2D eigenvalue weighted by molar-refractivity contribution is 6.03. The number of imidazole rings is 1. The second-order valence-electron chi connectivity index (χ2n) is 4.26. The first-order valence-electron chi connectivity index (χ1n) is 6.21. The fourth-order valence-corrected chi connectivity index (χ4v) is 1.72. The highest BCUT2D eigenvalue weighted by atomic mass is 16.2. The van der Waals surface area contributed by atoms with Crippen LogP contribution in [0.1, 0.15) is 27.9 Å². The number of anilines is 1. The Kier molecular flexibility index (Phi) is 4.53. The molecule has 0 saturated heterocycles. The fraction of sp³-hybridized carbons (Fsp3) is 0.200. The van der Waals surface area contributed by atoms with E-state index in [2.05, 4.69) is 27.1 Å². The smallest absolute Gasteiger partial charge is 0.258 e. The van der Waals surface area contributed by atoms with Crippen molar-refractivity contribution in [3.05, 3.63) is 47.3 Å². The number of rotatable bonds is 3. The number of carbonyl (C=O) groups excluding carboxylic acids is 1. The van der Waals surface area contributed by atoms with Crippen molar-refractivity contribution in [3.63, 3.8) is 0 Å². The molecular formula is C15H15N3O2. The van der Waals surface area contributed by atoms with Gasteiger partial charge in [-0.05, 0) is 30.7 Å². The molecule has 2 aromatic rings. The van der Waals surface area contributed by atoms with Crippen molar-refractivity contribution < 1.29 is 9.90 Å². The molecule has 0 bridgehead atoms. The van der Waals surface area contributed by atoms with Gasteiger partial charge >= 0.3 is 0 Å². The molecule has 1 heterocycles. The van der Waals surface area contributed by atoms with E-state index in [1.165, 1.54) is 0 Å². The number of hydrogen-bond acceptors (Lipinski definition) is 3. The zero-order valence-corrected chi connectivity index (χ0v) is 11.1. The van der Waals surface area contributed by atoms with Crippen LogP contribution in [0.25, 0.3) is 0 Å². The van der Waals surface area contributed by atoms with Crippen LogP contribution in [-0.4, -0.2) is 27.6 Å². The zero-order chi connectivity index (χ0) is 14.4. The molecule has 0 aliphatic carbocycles. The van der Waals surface area contributed by atoms with Crippen LogP contribution in [0.3, 0.4) is 0 Å². The molecule has 0 aliphatic rings. The van der Waals surface area contributed by atoms with Gasteiger partial charge in [-0.25, -0.2) is 4.98 Å². The molecule has 3 N–H and O–H groups in total. The average Bonchev–Trinajstić information content (AvgIpc) is 2.91. The summed E-state index contributed by atoms with van der Waals surface area (Å²) < 4.78 is 0. The summed E-state index contributed by atoms with van der Waals surface area (Å²) in [5.41, 5.74) is 2.23. The Morgan fingerprint density at radius 2 is 2.30 bits per heavy atom. The predicted molar refractivity (Wildman–Crippen MR) is 76.3 cm³/mol. The van der Waals surface area contributed by atoms with Crippen LogP contribution in [0.5, 0.6) is 0 Å². The summed E-state index contributed by atoms with van der Waals surface area (Å²) in [7, 11) is 0. The van der Waals surface area contributed by atoms with Gasteiger partial charge in [0.15, 0.2) is 0 Å². The number of carbonyl (C=O) groups is 1. The first-order chi connectivity index (χ1) is 9.69. The number of aromatic nitrogens is 2. The van der Waals surface area contributed by atoms with Gasteiger partial charge in [0, 0.05) is 29.9 Å². The van der Waals surface area contributed by atoms with Crippen LogP contribution in [0, 0.1) is 18.8 Å². The third-order valence-corrected chi connectivity index (χ3v) is 2.54. The van der Waals surface area contributed by atoms with Crippen molar-refractivity contribution in [3.8, 4) is 11.8 Å². The van der Waals surface area contributed by atoms with Crippen LogP contribution >= 0.6 is 0 Å². The average molecular weight is 269 g/mol. The number of benzene rings is 1. The summed E-state index contributed by atoms with van der Waals surface area (Å²) in [4.78, 5) is 18.8. The lowest BCUT2D eigenvalue weighted by Crippen LogP contribution is -2.13. The van der Waals surface area contributed by atoms with E-state index in [1.54, 1.807) is 24.5 Å². The van der Waals surface area contributed by atoms with Gasteiger partial charge in [0.1, 0.15) is 0 Å². The number of H-pyrrole nitrogens is 1. The van der Waals surface area contributed by atoms with Gasteiger partial charge in [-0.2, -0.15) is 0 Å². The fourth-order valence-electron chi connectivity index (χ4n) is 1.72. The Morgan fingerprint density at radius 3 is 3.00 bits per heavy atom. The van der Waals surface area contributed by atoms with Gasteiger partial charge in [-0.3, -0.25) is 10.1 Å². The topological polar surface area (TPSA) is 78.0 Å². The molecular weight excluding hydrogens is 254 g/mol. The Hall–Kier alpha value is -2.58. The Balaban J connectivity index is 2.19. The normalized spacial score (nSPS) is 9.70. The lowest BCUT2D eigenvalue weighted by molar-refractivity contribution is 0.102. The summed E-state index contributed by atoms with van der Waals surface area (Å²) in [6.45, 7) is 1.94. The molecule has 0 saturated carbocycles. The number of aliphatic hydroxyl groups is 1. The highest BCUT2D eigenvalue weighted by Crippen LogP contribution is 2.11. The van der Waals surface area contributed by atoms with E-state index in [0.717, 1.165) is 11.1 Å². The van der Waals surface area contributed by atoms with E-state index < -0.39 is 0 Å². The molecule has 1 aromatic carbocycles. The molecule has 0 atom stereocenters. The minimum atomic E-state index is -0.242. The van der Waals surface area contributed by atoms with Gasteiger partial charge in [-0.15, -0.1) is 0 Å². The van der Waals surface area contributed by atoms with Crippen LogP contribution in [0.4, 0.5) is 5.95 Å². The number of nitrogens with one attached hydrogen (secondary N) is 2. The minimum absolute atomic E-state index is 0.0324. The van der Waals surface area contributed by atoms with E-state index in [0.29, 0.717) is 17.9 Å². The van der Waals surface area contributed by atoms with Gasteiger partial charge in [0.2, 0.25) is 5.95 Å². The Labute approximate surface area is 117 Å². The summed E-state index contributed by atoms with van der Waals surface area (Å²) in [5.74, 6) is 5.93. The van der Waals surface area contributed by atoms with Gasteiger partial charge in [0.05, 0.1) is 6.61 Å².